The fraction of sp³-hybridized carbons (Fsp3) is 0.385. The highest BCUT2D eigenvalue weighted by Gasteiger charge is 2.11. The molecule has 2 aromatic heterocycles. The SMILES string of the molecule is CCc1cc(CC)n(-c2ncc(C)cc2N)n1. The van der Waals surface area contributed by atoms with Crippen LogP contribution < -0.4 is 5.73 Å². The first-order chi connectivity index (χ1) is 8.15. The van der Waals surface area contributed by atoms with Crippen LogP contribution in [-0.2, 0) is 12.8 Å². The van der Waals surface area contributed by atoms with E-state index in [0.29, 0.717) is 5.69 Å². The lowest BCUT2D eigenvalue weighted by molar-refractivity contribution is 0.774. The molecule has 2 rings (SSSR count). The van der Waals surface area contributed by atoms with Crippen LogP contribution in [0.4, 0.5) is 5.69 Å². The van der Waals surface area contributed by atoms with E-state index in [1.165, 1.54) is 0 Å². The van der Waals surface area contributed by atoms with Crippen molar-refractivity contribution in [3.63, 3.8) is 0 Å². The van der Waals surface area contributed by atoms with E-state index in [1.807, 2.05) is 23.9 Å². The summed E-state index contributed by atoms with van der Waals surface area (Å²) in [5.74, 6) is 0.729. The first-order valence-electron chi connectivity index (χ1n) is 5.96. The van der Waals surface area contributed by atoms with Gasteiger partial charge < -0.3 is 5.73 Å². The molecule has 0 fully saturated rings. The van der Waals surface area contributed by atoms with Crippen molar-refractivity contribution in [1.29, 1.82) is 0 Å². The molecule has 0 aliphatic heterocycles. The zero-order valence-corrected chi connectivity index (χ0v) is 10.6. The molecule has 90 valence electrons. The molecule has 0 radical (unpaired) electrons. The van der Waals surface area contributed by atoms with Crippen LogP contribution >= 0.6 is 0 Å². The van der Waals surface area contributed by atoms with Crippen molar-refractivity contribution < 1.29 is 0 Å². The molecule has 2 heterocycles. The van der Waals surface area contributed by atoms with Gasteiger partial charge in [0, 0.05) is 11.9 Å². The molecule has 0 saturated heterocycles. The van der Waals surface area contributed by atoms with Crippen LogP contribution in [0.3, 0.4) is 0 Å². The van der Waals surface area contributed by atoms with Gasteiger partial charge in [-0.15, -0.1) is 0 Å². The topological polar surface area (TPSA) is 56.7 Å². The summed E-state index contributed by atoms with van der Waals surface area (Å²) in [4.78, 5) is 4.38. The number of aryl methyl sites for hydroxylation is 3. The molecule has 0 saturated carbocycles. The van der Waals surface area contributed by atoms with Crippen molar-refractivity contribution in [2.45, 2.75) is 33.6 Å². The van der Waals surface area contributed by atoms with E-state index in [1.54, 1.807) is 0 Å². The number of rotatable bonds is 3. The Morgan fingerprint density at radius 3 is 2.59 bits per heavy atom. The van der Waals surface area contributed by atoms with Crippen molar-refractivity contribution in [2.24, 2.45) is 0 Å². The lowest BCUT2D eigenvalue weighted by Crippen LogP contribution is -2.07. The van der Waals surface area contributed by atoms with Crippen molar-refractivity contribution >= 4 is 5.69 Å². The van der Waals surface area contributed by atoms with Crippen LogP contribution in [0.1, 0.15) is 30.8 Å². The Morgan fingerprint density at radius 2 is 2.00 bits per heavy atom. The number of nitrogens with two attached hydrogens (primary N) is 1. The highest BCUT2D eigenvalue weighted by molar-refractivity contribution is 5.54. The maximum Gasteiger partial charge on any atom is 0.176 e. The van der Waals surface area contributed by atoms with Crippen LogP contribution in [0.15, 0.2) is 18.3 Å². The Bertz CT molecular complexity index is 528. The van der Waals surface area contributed by atoms with Gasteiger partial charge in [-0.05, 0) is 37.5 Å². The number of nitrogen functional groups attached to an aromatic ring is 1. The summed E-state index contributed by atoms with van der Waals surface area (Å²) in [5, 5.41) is 4.53. The minimum atomic E-state index is 0.672. The number of aromatic nitrogens is 3. The van der Waals surface area contributed by atoms with E-state index >= 15 is 0 Å². The van der Waals surface area contributed by atoms with Crippen LogP contribution in [0.5, 0.6) is 0 Å². The lowest BCUT2D eigenvalue weighted by atomic mass is 10.2. The van der Waals surface area contributed by atoms with Crippen molar-refractivity contribution in [3.8, 4) is 5.82 Å². The molecule has 4 nitrogen and oxygen atoms in total. The second kappa shape index (κ2) is 4.57. The van der Waals surface area contributed by atoms with Gasteiger partial charge in [0.2, 0.25) is 0 Å². The molecular weight excluding hydrogens is 212 g/mol. The second-order valence-electron chi connectivity index (χ2n) is 4.17. The molecule has 0 bridgehead atoms. The summed E-state index contributed by atoms with van der Waals surface area (Å²) >= 11 is 0. The number of pyridine rings is 1. The zero-order chi connectivity index (χ0) is 12.4. The maximum absolute atomic E-state index is 6.00. The van der Waals surface area contributed by atoms with Gasteiger partial charge in [0.05, 0.1) is 11.4 Å². The molecule has 17 heavy (non-hydrogen) atoms. The Balaban J connectivity index is 2.55. The third-order valence-electron chi connectivity index (χ3n) is 2.79. The summed E-state index contributed by atoms with van der Waals surface area (Å²) in [5.41, 5.74) is 9.95. The van der Waals surface area contributed by atoms with Gasteiger partial charge in [0.25, 0.3) is 0 Å². The van der Waals surface area contributed by atoms with Crippen molar-refractivity contribution in [1.82, 2.24) is 14.8 Å². The van der Waals surface area contributed by atoms with E-state index in [9.17, 15) is 0 Å². The summed E-state index contributed by atoms with van der Waals surface area (Å²) in [6.45, 7) is 6.18. The van der Waals surface area contributed by atoms with Crippen LogP contribution in [0, 0.1) is 6.92 Å². The molecule has 0 atom stereocenters. The molecule has 0 aromatic carbocycles. The number of nitrogens with zero attached hydrogens (tertiary/aromatic N) is 3. The van der Waals surface area contributed by atoms with Crippen LogP contribution in [0.2, 0.25) is 0 Å². The van der Waals surface area contributed by atoms with E-state index in [0.717, 1.165) is 35.6 Å². The number of hydrogen-bond acceptors (Lipinski definition) is 3. The molecule has 0 unspecified atom stereocenters. The van der Waals surface area contributed by atoms with Crippen molar-refractivity contribution in [2.75, 3.05) is 5.73 Å². The summed E-state index contributed by atoms with van der Waals surface area (Å²) in [6.07, 6.45) is 3.66. The first kappa shape index (κ1) is 11.6. The zero-order valence-electron chi connectivity index (χ0n) is 10.6. The normalized spacial score (nSPS) is 10.8. The van der Waals surface area contributed by atoms with Gasteiger partial charge in [-0.2, -0.15) is 5.10 Å². The molecule has 0 amide bonds. The minimum absolute atomic E-state index is 0.672. The minimum Gasteiger partial charge on any atom is -0.396 e. The largest absolute Gasteiger partial charge is 0.396 e. The first-order valence-corrected chi connectivity index (χ1v) is 5.96. The standard InChI is InChI=1S/C13H18N4/c1-4-10-7-11(5-2)17(16-10)13-12(14)6-9(3)8-15-13/h6-8H,4-5,14H2,1-3H3. The number of hydrogen-bond donors (Lipinski definition) is 1. The fourth-order valence-electron chi connectivity index (χ4n) is 1.84. The molecule has 4 heteroatoms. The predicted octanol–water partition coefficient (Wildman–Crippen LogP) is 2.28. The van der Waals surface area contributed by atoms with E-state index in [2.05, 4.69) is 30.0 Å². The van der Waals surface area contributed by atoms with Crippen LogP contribution in [-0.4, -0.2) is 14.8 Å². The average molecular weight is 230 g/mol. The molecule has 0 aliphatic carbocycles. The van der Waals surface area contributed by atoms with Crippen molar-refractivity contribution in [3.05, 3.63) is 35.3 Å². The Labute approximate surface area is 101 Å². The quantitative estimate of drug-likeness (QED) is 0.880. The Hall–Kier alpha value is -1.84. The summed E-state index contributed by atoms with van der Waals surface area (Å²) in [7, 11) is 0. The third-order valence-corrected chi connectivity index (χ3v) is 2.79. The third kappa shape index (κ3) is 2.16. The van der Waals surface area contributed by atoms with Crippen LogP contribution in [0.25, 0.3) is 5.82 Å². The Morgan fingerprint density at radius 1 is 1.24 bits per heavy atom. The molecule has 2 aromatic rings. The van der Waals surface area contributed by atoms with Gasteiger partial charge in [-0.3, -0.25) is 0 Å². The van der Waals surface area contributed by atoms with Gasteiger partial charge >= 0.3 is 0 Å². The Kier molecular flexibility index (Phi) is 3.13. The molecule has 0 aliphatic rings. The predicted molar refractivity (Wildman–Crippen MR) is 69.3 cm³/mol. The van der Waals surface area contributed by atoms with E-state index in [4.69, 9.17) is 5.73 Å². The van der Waals surface area contributed by atoms with E-state index < -0.39 is 0 Å². The second-order valence-corrected chi connectivity index (χ2v) is 4.17. The highest BCUT2D eigenvalue weighted by Crippen LogP contribution is 2.18. The molecule has 0 spiro atoms. The van der Waals surface area contributed by atoms with Gasteiger partial charge in [0.1, 0.15) is 0 Å². The smallest absolute Gasteiger partial charge is 0.176 e. The summed E-state index contributed by atoms with van der Waals surface area (Å²) in [6, 6.07) is 4.04. The highest BCUT2D eigenvalue weighted by atomic mass is 15.3. The van der Waals surface area contributed by atoms with Gasteiger partial charge in [-0.25, -0.2) is 9.67 Å². The monoisotopic (exact) mass is 230 g/mol. The van der Waals surface area contributed by atoms with Gasteiger partial charge in [-0.1, -0.05) is 13.8 Å². The average Bonchev–Trinajstić information content (AvgIpc) is 2.72. The van der Waals surface area contributed by atoms with Gasteiger partial charge in [0.15, 0.2) is 5.82 Å². The fourth-order valence-corrected chi connectivity index (χ4v) is 1.84. The lowest BCUT2D eigenvalue weighted by Gasteiger charge is -2.08. The van der Waals surface area contributed by atoms with E-state index in [-0.39, 0.29) is 0 Å². The molecule has 2 N–H and O–H groups in total. The summed E-state index contributed by atoms with van der Waals surface area (Å²) < 4.78 is 1.85. The number of anilines is 1. The molecular formula is C13H18N4. The maximum atomic E-state index is 6.00.